The van der Waals surface area contributed by atoms with Crippen LogP contribution in [0.4, 0.5) is 11.4 Å². The standard InChI is InChI=1S/C45H37N3/c1-30-13-21-34(22-14-30)29-42-38-9-5-6-10-39(38)43(47(42)36-25-17-32(3)18-26-36)44-40-11-7-8-12-41(40)45(46-35-23-15-31(2)16-24-35)48(44)37-27-19-33(4)20-28-37/h5-29H,1-4H3/b42-29-,44-43-,46-45?. The lowest BCUT2D eigenvalue weighted by atomic mass is 10.1. The second-order valence-corrected chi connectivity index (χ2v) is 12.8. The van der Waals surface area contributed by atoms with Crippen molar-refractivity contribution < 1.29 is 0 Å². The highest BCUT2D eigenvalue weighted by Gasteiger charge is 2.34. The Labute approximate surface area is 282 Å². The Bertz CT molecular complexity index is 2440. The average molecular weight is 620 g/mol. The molecule has 0 amide bonds. The molecule has 8 rings (SSSR count). The van der Waals surface area contributed by atoms with Crippen LogP contribution in [0.25, 0.3) is 28.2 Å². The molecule has 3 heteroatoms. The summed E-state index contributed by atoms with van der Waals surface area (Å²) in [6.07, 6.45) is 2.32. The van der Waals surface area contributed by atoms with Crippen LogP contribution in [0.3, 0.4) is 0 Å². The number of anilines is 1. The molecule has 0 N–H and O–H groups in total. The first kappa shape index (κ1) is 29.5. The predicted octanol–water partition coefficient (Wildman–Crippen LogP) is 9.45. The topological polar surface area (TPSA) is 20.5 Å². The molecule has 3 nitrogen and oxygen atoms in total. The first-order valence-corrected chi connectivity index (χ1v) is 16.6. The van der Waals surface area contributed by atoms with Crippen molar-refractivity contribution in [3.8, 4) is 5.69 Å². The molecule has 1 aliphatic rings. The number of amidine groups is 1. The first-order valence-electron chi connectivity index (χ1n) is 16.6. The van der Waals surface area contributed by atoms with Crippen molar-refractivity contribution in [2.24, 2.45) is 4.99 Å². The molecule has 1 aromatic heterocycles. The van der Waals surface area contributed by atoms with Gasteiger partial charge in [0.05, 0.1) is 22.1 Å². The van der Waals surface area contributed by atoms with Crippen molar-refractivity contribution in [2.45, 2.75) is 27.7 Å². The largest absolute Gasteiger partial charge is 0.307 e. The van der Waals surface area contributed by atoms with Crippen LogP contribution in [-0.2, 0) is 0 Å². The quantitative estimate of drug-likeness (QED) is 0.192. The molecular weight excluding hydrogens is 583 g/mol. The van der Waals surface area contributed by atoms with E-state index in [2.05, 4.69) is 189 Å². The van der Waals surface area contributed by atoms with E-state index in [-0.39, 0.29) is 0 Å². The van der Waals surface area contributed by atoms with Gasteiger partial charge in [-0.25, -0.2) is 4.99 Å². The SMILES string of the molecule is Cc1ccc(/C=c2/c3ccccc3/c(=C3\c4ccccc4C(=Nc4ccc(C)cc4)N3c3ccc(C)cc3)n2-c2ccc(C)cc2)cc1. The summed E-state index contributed by atoms with van der Waals surface area (Å²) in [6, 6.07) is 52.5. The van der Waals surface area contributed by atoms with E-state index >= 15 is 0 Å². The highest BCUT2D eigenvalue weighted by atomic mass is 15.2. The monoisotopic (exact) mass is 619 g/mol. The molecule has 0 aliphatic carbocycles. The minimum absolute atomic E-state index is 0.915. The van der Waals surface area contributed by atoms with Gasteiger partial charge in [0.2, 0.25) is 0 Å². The van der Waals surface area contributed by atoms with E-state index in [9.17, 15) is 0 Å². The maximum atomic E-state index is 5.38. The minimum atomic E-state index is 0.915. The summed E-state index contributed by atoms with van der Waals surface area (Å²) in [5.74, 6) is 0.915. The molecule has 232 valence electrons. The maximum absolute atomic E-state index is 5.38. The number of aromatic nitrogens is 1. The van der Waals surface area contributed by atoms with Gasteiger partial charge in [-0.15, -0.1) is 0 Å². The molecule has 0 saturated carbocycles. The van der Waals surface area contributed by atoms with Crippen molar-refractivity contribution in [1.82, 2.24) is 4.57 Å². The Kier molecular flexibility index (Phi) is 7.38. The molecule has 0 spiro atoms. The molecule has 0 radical (unpaired) electrons. The van der Waals surface area contributed by atoms with Gasteiger partial charge in [0.25, 0.3) is 0 Å². The fourth-order valence-corrected chi connectivity index (χ4v) is 6.69. The third-order valence-corrected chi connectivity index (χ3v) is 9.24. The maximum Gasteiger partial charge on any atom is 0.146 e. The summed E-state index contributed by atoms with van der Waals surface area (Å²) >= 11 is 0. The number of hydrogen-bond donors (Lipinski definition) is 0. The Morgan fingerprint density at radius 1 is 0.479 bits per heavy atom. The molecule has 6 aromatic carbocycles. The minimum Gasteiger partial charge on any atom is -0.307 e. The molecule has 0 bridgehead atoms. The van der Waals surface area contributed by atoms with Crippen molar-refractivity contribution in [3.05, 3.63) is 195 Å². The summed E-state index contributed by atoms with van der Waals surface area (Å²) in [5, 5.41) is 4.67. The van der Waals surface area contributed by atoms with Gasteiger partial charge in [0.15, 0.2) is 0 Å². The first-order chi connectivity index (χ1) is 23.4. The fourth-order valence-electron chi connectivity index (χ4n) is 6.69. The van der Waals surface area contributed by atoms with E-state index in [1.807, 2.05) is 0 Å². The van der Waals surface area contributed by atoms with Gasteiger partial charge in [-0.1, -0.05) is 131 Å². The lowest BCUT2D eigenvalue weighted by Crippen LogP contribution is -2.33. The van der Waals surface area contributed by atoms with Crippen molar-refractivity contribution in [3.63, 3.8) is 0 Å². The zero-order valence-corrected chi connectivity index (χ0v) is 27.8. The molecule has 0 unspecified atom stereocenters. The van der Waals surface area contributed by atoms with Crippen LogP contribution in [0.5, 0.6) is 0 Å². The van der Waals surface area contributed by atoms with Gasteiger partial charge in [0.1, 0.15) is 5.84 Å². The van der Waals surface area contributed by atoms with E-state index in [4.69, 9.17) is 4.99 Å². The van der Waals surface area contributed by atoms with Crippen LogP contribution in [0.15, 0.2) is 151 Å². The number of fused-ring (bicyclic) bond motifs is 2. The van der Waals surface area contributed by atoms with Gasteiger partial charge in [-0.3, -0.25) is 4.90 Å². The predicted molar refractivity (Wildman–Crippen MR) is 202 cm³/mol. The van der Waals surface area contributed by atoms with Crippen LogP contribution in [-0.4, -0.2) is 10.4 Å². The zero-order chi connectivity index (χ0) is 32.8. The summed E-state index contributed by atoms with van der Waals surface area (Å²) < 4.78 is 2.45. The molecular formula is C45H37N3. The Morgan fingerprint density at radius 3 is 1.60 bits per heavy atom. The number of benzene rings is 6. The van der Waals surface area contributed by atoms with Crippen molar-refractivity contribution >= 4 is 39.8 Å². The van der Waals surface area contributed by atoms with E-state index in [1.165, 1.54) is 33.0 Å². The van der Waals surface area contributed by atoms with E-state index < -0.39 is 0 Å². The second-order valence-electron chi connectivity index (χ2n) is 12.8. The van der Waals surface area contributed by atoms with E-state index in [0.717, 1.165) is 56.0 Å². The summed E-state index contributed by atoms with van der Waals surface area (Å²) in [5.41, 5.74) is 12.6. The lowest BCUT2D eigenvalue weighted by molar-refractivity contribution is 0.993. The molecule has 0 saturated heterocycles. The van der Waals surface area contributed by atoms with E-state index in [1.54, 1.807) is 0 Å². The summed E-state index contributed by atoms with van der Waals surface area (Å²) in [7, 11) is 0. The number of aliphatic imine (C=N–C) groups is 1. The summed E-state index contributed by atoms with van der Waals surface area (Å²) in [4.78, 5) is 7.75. The summed E-state index contributed by atoms with van der Waals surface area (Å²) in [6.45, 7) is 8.53. The number of aryl methyl sites for hydroxylation is 4. The molecule has 7 aromatic rings. The highest BCUT2D eigenvalue weighted by Crippen LogP contribution is 2.38. The molecule has 0 fully saturated rings. The Morgan fingerprint density at radius 2 is 0.979 bits per heavy atom. The van der Waals surface area contributed by atoms with Gasteiger partial charge in [-0.2, -0.15) is 0 Å². The third kappa shape index (κ3) is 5.24. The van der Waals surface area contributed by atoms with Gasteiger partial charge in [-0.05, 0) is 75.7 Å². The lowest BCUT2D eigenvalue weighted by Gasteiger charge is -2.23. The van der Waals surface area contributed by atoms with E-state index in [0.29, 0.717) is 0 Å². The van der Waals surface area contributed by atoms with Crippen LogP contribution in [0.2, 0.25) is 0 Å². The number of rotatable bonds is 4. The molecule has 1 aliphatic heterocycles. The third-order valence-electron chi connectivity index (χ3n) is 9.24. The highest BCUT2D eigenvalue weighted by molar-refractivity contribution is 6.25. The van der Waals surface area contributed by atoms with Gasteiger partial charge >= 0.3 is 0 Å². The van der Waals surface area contributed by atoms with Crippen LogP contribution in [0.1, 0.15) is 38.9 Å². The Balaban J connectivity index is 1.57. The van der Waals surface area contributed by atoms with Crippen LogP contribution in [0, 0.1) is 27.7 Å². The average Bonchev–Trinajstić information content (AvgIpc) is 3.59. The molecule has 48 heavy (non-hydrogen) atoms. The zero-order valence-electron chi connectivity index (χ0n) is 27.8. The van der Waals surface area contributed by atoms with Gasteiger partial charge < -0.3 is 4.57 Å². The second kappa shape index (κ2) is 12.0. The van der Waals surface area contributed by atoms with Crippen LogP contribution >= 0.6 is 0 Å². The smallest absolute Gasteiger partial charge is 0.146 e. The molecule has 2 heterocycles. The van der Waals surface area contributed by atoms with Crippen molar-refractivity contribution in [2.75, 3.05) is 4.90 Å². The van der Waals surface area contributed by atoms with Crippen LogP contribution < -0.4 is 15.6 Å². The number of hydrogen-bond acceptors (Lipinski definition) is 1. The van der Waals surface area contributed by atoms with Gasteiger partial charge in [0, 0.05) is 33.3 Å². The Hall–Kier alpha value is -5.93. The number of nitrogens with zero attached hydrogens (tertiary/aromatic N) is 3. The normalized spacial score (nSPS) is 15.0. The fraction of sp³-hybridized carbons (Fsp3) is 0.0889. The molecule has 0 atom stereocenters. The van der Waals surface area contributed by atoms with Crippen molar-refractivity contribution in [1.29, 1.82) is 0 Å².